The van der Waals surface area contributed by atoms with Crippen LogP contribution in [0.1, 0.15) is 16.1 Å². The Balaban J connectivity index is 1.71. The highest BCUT2D eigenvalue weighted by molar-refractivity contribution is 5.98. The quantitative estimate of drug-likeness (QED) is 0.658. The lowest BCUT2D eigenvalue weighted by Gasteiger charge is -2.17. The largest absolute Gasteiger partial charge is 0.492 e. The Hall–Kier alpha value is -2.79. The zero-order chi connectivity index (χ0) is 17.6. The number of rotatable bonds is 7. The molecular weight excluding hydrogens is 318 g/mol. The Morgan fingerprint density at radius 2 is 1.80 bits per heavy atom. The maximum atomic E-state index is 12.8. The third kappa shape index (κ3) is 3.83. The van der Waals surface area contributed by atoms with Gasteiger partial charge in [-0.15, -0.1) is 0 Å². The molecule has 0 spiro atoms. The summed E-state index contributed by atoms with van der Waals surface area (Å²) in [7, 11) is 3.34. The van der Waals surface area contributed by atoms with Crippen molar-refractivity contribution >= 4 is 16.9 Å². The first-order valence-corrected chi connectivity index (χ1v) is 8.13. The molecule has 0 atom stereocenters. The molecule has 0 aliphatic carbocycles. The number of hydrogen-bond donors (Lipinski definition) is 0. The number of fused-ring (bicyclic) bond motifs is 1. The number of amides is 1. The molecule has 0 bridgehead atoms. The standard InChI is InChI=1S/C20H21NO4/c1-21(12-13-24-15-8-4-3-5-9-15)20(22)19-17(14-23-2)16-10-6-7-11-18(16)25-19/h3-11H,12-14H2,1-2H3. The Kier molecular flexibility index (Phi) is 5.36. The fraction of sp³-hybridized carbons (Fsp3) is 0.250. The van der Waals surface area contributed by atoms with Gasteiger partial charge in [0.25, 0.3) is 5.91 Å². The average molecular weight is 339 g/mol. The SMILES string of the molecule is COCc1c(C(=O)N(C)CCOc2ccccc2)oc2ccccc12. The Labute approximate surface area is 146 Å². The topological polar surface area (TPSA) is 51.9 Å². The number of likely N-dealkylation sites (N-methyl/N-ethyl adjacent to an activating group) is 1. The van der Waals surface area contributed by atoms with Gasteiger partial charge in [-0.3, -0.25) is 4.79 Å². The van der Waals surface area contributed by atoms with Crippen LogP contribution >= 0.6 is 0 Å². The number of hydrogen-bond acceptors (Lipinski definition) is 4. The molecular formula is C20H21NO4. The monoisotopic (exact) mass is 339 g/mol. The van der Waals surface area contributed by atoms with E-state index in [4.69, 9.17) is 13.9 Å². The van der Waals surface area contributed by atoms with Crippen molar-refractivity contribution in [3.8, 4) is 5.75 Å². The van der Waals surface area contributed by atoms with E-state index in [2.05, 4.69) is 0 Å². The van der Waals surface area contributed by atoms with Gasteiger partial charge in [-0.25, -0.2) is 0 Å². The Bertz CT molecular complexity index is 841. The third-order valence-corrected chi connectivity index (χ3v) is 3.97. The van der Waals surface area contributed by atoms with Crippen LogP contribution in [0.5, 0.6) is 5.75 Å². The van der Waals surface area contributed by atoms with Gasteiger partial charge in [-0.05, 0) is 18.2 Å². The van der Waals surface area contributed by atoms with Crippen molar-refractivity contribution in [3.05, 3.63) is 65.9 Å². The van der Waals surface area contributed by atoms with Crippen molar-refractivity contribution in [1.82, 2.24) is 4.90 Å². The van der Waals surface area contributed by atoms with Crippen molar-refractivity contribution in [2.24, 2.45) is 0 Å². The van der Waals surface area contributed by atoms with E-state index in [0.29, 0.717) is 31.1 Å². The van der Waals surface area contributed by atoms with Crippen molar-refractivity contribution in [3.63, 3.8) is 0 Å². The summed E-state index contributed by atoms with van der Waals surface area (Å²) < 4.78 is 16.7. The molecule has 130 valence electrons. The van der Waals surface area contributed by atoms with Gasteiger partial charge in [-0.1, -0.05) is 36.4 Å². The van der Waals surface area contributed by atoms with Gasteiger partial charge in [0.15, 0.2) is 5.76 Å². The molecule has 0 aliphatic rings. The lowest BCUT2D eigenvalue weighted by atomic mass is 10.1. The number of benzene rings is 2. The van der Waals surface area contributed by atoms with Crippen LogP contribution < -0.4 is 4.74 Å². The predicted octanol–water partition coefficient (Wildman–Crippen LogP) is 3.73. The van der Waals surface area contributed by atoms with Gasteiger partial charge in [0, 0.05) is 25.1 Å². The minimum atomic E-state index is -0.181. The number of carbonyl (C=O) groups excluding carboxylic acids is 1. The van der Waals surface area contributed by atoms with Crippen LogP contribution in [-0.4, -0.2) is 38.1 Å². The molecule has 0 radical (unpaired) electrons. The molecule has 0 fully saturated rings. The second kappa shape index (κ2) is 7.85. The number of methoxy groups -OCH3 is 1. The molecule has 5 nitrogen and oxygen atoms in total. The van der Waals surface area contributed by atoms with E-state index in [-0.39, 0.29) is 5.91 Å². The van der Waals surface area contributed by atoms with Gasteiger partial charge < -0.3 is 18.8 Å². The highest BCUT2D eigenvalue weighted by Gasteiger charge is 2.23. The first-order chi connectivity index (χ1) is 12.2. The summed E-state index contributed by atoms with van der Waals surface area (Å²) in [6.45, 7) is 1.19. The zero-order valence-electron chi connectivity index (χ0n) is 14.4. The van der Waals surface area contributed by atoms with E-state index in [1.54, 1.807) is 19.1 Å². The van der Waals surface area contributed by atoms with E-state index in [1.165, 1.54) is 0 Å². The van der Waals surface area contributed by atoms with E-state index in [9.17, 15) is 4.79 Å². The minimum Gasteiger partial charge on any atom is -0.492 e. The summed E-state index contributed by atoms with van der Waals surface area (Å²) >= 11 is 0. The molecule has 1 heterocycles. The maximum Gasteiger partial charge on any atom is 0.289 e. The second-order valence-electron chi connectivity index (χ2n) is 5.73. The van der Waals surface area contributed by atoms with Crippen LogP contribution in [0.25, 0.3) is 11.0 Å². The molecule has 25 heavy (non-hydrogen) atoms. The number of para-hydroxylation sites is 2. The van der Waals surface area contributed by atoms with Crippen LogP contribution in [0.2, 0.25) is 0 Å². The highest BCUT2D eigenvalue weighted by atomic mass is 16.5. The van der Waals surface area contributed by atoms with Crippen LogP contribution in [0, 0.1) is 0 Å². The van der Waals surface area contributed by atoms with Gasteiger partial charge in [0.2, 0.25) is 0 Å². The normalized spacial score (nSPS) is 10.8. The molecule has 0 saturated heterocycles. The summed E-state index contributed by atoms with van der Waals surface area (Å²) in [4.78, 5) is 14.4. The van der Waals surface area contributed by atoms with E-state index >= 15 is 0 Å². The number of carbonyl (C=O) groups is 1. The summed E-state index contributed by atoms with van der Waals surface area (Å²) in [6, 6.07) is 17.1. The van der Waals surface area contributed by atoms with Crippen molar-refractivity contribution in [1.29, 1.82) is 0 Å². The summed E-state index contributed by atoms with van der Waals surface area (Å²) in [5.74, 6) is 0.928. The smallest absolute Gasteiger partial charge is 0.289 e. The van der Waals surface area contributed by atoms with Gasteiger partial charge in [-0.2, -0.15) is 0 Å². The first kappa shape index (κ1) is 17.0. The summed E-state index contributed by atoms with van der Waals surface area (Å²) in [6.07, 6.45) is 0. The lowest BCUT2D eigenvalue weighted by Crippen LogP contribution is -2.31. The van der Waals surface area contributed by atoms with Crippen LogP contribution in [0.4, 0.5) is 0 Å². The zero-order valence-corrected chi connectivity index (χ0v) is 14.4. The van der Waals surface area contributed by atoms with Crippen LogP contribution in [0.15, 0.2) is 59.0 Å². The van der Waals surface area contributed by atoms with Gasteiger partial charge >= 0.3 is 0 Å². The number of nitrogens with zero attached hydrogens (tertiary/aromatic N) is 1. The molecule has 1 aromatic heterocycles. The summed E-state index contributed by atoms with van der Waals surface area (Å²) in [5, 5.41) is 0.904. The maximum absolute atomic E-state index is 12.8. The third-order valence-electron chi connectivity index (χ3n) is 3.97. The molecule has 3 aromatic rings. The molecule has 0 unspecified atom stereocenters. The van der Waals surface area contributed by atoms with Crippen molar-refractivity contribution in [2.45, 2.75) is 6.61 Å². The molecule has 0 saturated carbocycles. The molecule has 2 aromatic carbocycles. The Morgan fingerprint density at radius 1 is 1.08 bits per heavy atom. The minimum absolute atomic E-state index is 0.181. The van der Waals surface area contributed by atoms with Crippen LogP contribution in [-0.2, 0) is 11.3 Å². The lowest BCUT2D eigenvalue weighted by molar-refractivity contribution is 0.0738. The van der Waals surface area contributed by atoms with E-state index in [0.717, 1.165) is 16.7 Å². The molecule has 5 heteroatoms. The van der Waals surface area contributed by atoms with E-state index < -0.39 is 0 Å². The number of ether oxygens (including phenoxy) is 2. The average Bonchev–Trinajstić information content (AvgIpc) is 3.01. The Morgan fingerprint density at radius 3 is 2.56 bits per heavy atom. The summed E-state index contributed by atoms with van der Waals surface area (Å²) in [5.41, 5.74) is 1.46. The highest BCUT2D eigenvalue weighted by Crippen LogP contribution is 2.27. The molecule has 0 aliphatic heterocycles. The first-order valence-electron chi connectivity index (χ1n) is 8.13. The fourth-order valence-electron chi connectivity index (χ4n) is 2.65. The molecule has 0 N–H and O–H groups in total. The van der Waals surface area contributed by atoms with Gasteiger partial charge in [0.05, 0.1) is 13.2 Å². The van der Waals surface area contributed by atoms with Crippen molar-refractivity contribution < 1.29 is 18.7 Å². The second-order valence-corrected chi connectivity index (χ2v) is 5.73. The predicted molar refractivity (Wildman–Crippen MR) is 95.8 cm³/mol. The van der Waals surface area contributed by atoms with Gasteiger partial charge in [0.1, 0.15) is 17.9 Å². The number of furan rings is 1. The van der Waals surface area contributed by atoms with E-state index in [1.807, 2.05) is 54.6 Å². The van der Waals surface area contributed by atoms with Crippen molar-refractivity contribution in [2.75, 3.05) is 27.3 Å². The van der Waals surface area contributed by atoms with Crippen LogP contribution in [0.3, 0.4) is 0 Å². The fourth-order valence-corrected chi connectivity index (χ4v) is 2.65. The molecule has 3 rings (SSSR count). The molecule has 1 amide bonds.